The van der Waals surface area contributed by atoms with Gasteiger partial charge in [0.2, 0.25) is 5.91 Å². The molecule has 5 rings (SSSR count). The van der Waals surface area contributed by atoms with Gasteiger partial charge in [0.05, 0.1) is 17.6 Å². The van der Waals surface area contributed by atoms with Crippen molar-refractivity contribution in [2.45, 2.75) is 45.6 Å². The molecule has 3 heterocycles. The number of rotatable bonds is 6. The van der Waals surface area contributed by atoms with Crippen LogP contribution in [0.1, 0.15) is 43.9 Å². The number of carbonyl (C=O) groups is 1. The summed E-state index contributed by atoms with van der Waals surface area (Å²) >= 11 is 0. The van der Waals surface area contributed by atoms with Crippen LogP contribution in [0.5, 0.6) is 0 Å². The number of amides is 1. The number of carbonyl (C=O) groups excluding carboxylic acids is 1. The lowest BCUT2D eigenvalue weighted by Gasteiger charge is -2.32. The summed E-state index contributed by atoms with van der Waals surface area (Å²) in [6.45, 7) is 5.22. The molecule has 0 bridgehead atoms. The van der Waals surface area contributed by atoms with Crippen molar-refractivity contribution in [1.82, 2.24) is 24.5 Å². The van der Waals surface area contributed by atoms with Gasteiger partial charge in [0, 0.05) is 18.5 Å². The highest BCUT2D eigenvalue weighted by Gasteiger charge is 2.25. The first kappa shape index (κ1) is 23.9. The monoisotopic (exact) mass is 487 g/mol. The highest BCUT2D eigenvalue weighted by atomic mass is 19.1. The van der Waals surface area contributed by atoms with Crippen molar-refractivity contribution in [3.63, 3.8) is 0 Å². The molecular formula is C28H30FN5O2. The Labute approximate surface area is 209 Å². The molecule has 36 heavy (non-hydrogen) atoms. The standard InChI is InChI=1S/C28H30FN5O2/c1-19(2)26-24-17-30-34(23-10-8-22(29)9-11-23)27(24)28(36)33(31-26)18-25(35)32-14-12-21(13-15-32)16-20-6-4-3-5-7-20/h3-11,17,19,21H,12-16,18H2,1-2H3. The predicted octanol–water partition coefficient (Wildman–Crippen LogP) is 4.33. The van der Waals surface area contributed by atoms with Gasteiger partial charge in [-0.2, -0.15) is 10.2 Å². The number of halogens is 1. The van der Waals surface area contributed by atoms with Crippen molar-refractivity contribution in [2.24, 2.45) is 5.92 Å². The van der Waals surface area contributed by atoms with Crippen molar-refractivity contribution >= 4 is 16.8 Å². The van der Waals surface area contributed by atoms with Crippen LogP contribution in [-0.4, -0.2) is 43.5 Å². The maximum atomic E-state index is 13.5. The molecule has 0 spiro atoms. The molecule has 0 atom stereocenters. The highest BCUT2D eigenvalue weighted by molar-refractivity contribution is 5.82. The number of likely N-dealkylation sites (tertiary alicyclic amines) is 1. The van der Waals surface area contributed by atoms with E-state index in [0.717, 1.165) is 19.3 Å². The van der Waals surface area contributed by atoms with Crippen LogP contribution in [0.4, 0.5) is 4.39 Å². The van der Waals surface area contributed by atoms with Crippen LogP contribution >= 0.6 is 0 Å². The Balaban J connectivity index is 1.37. The van der Waals surface area contributed by atoms with E-state index >= 15 is 0 Å². The van der Waals surface area contributed by atoms with Crippen LogP contribution in [0.25, 0.3) is 16.6 Å². The summed E-state index contributed by atoms with van der Waals surface area (Å²) in [6.07, 6.45) is 4.52. The first-order chi connectivity index (χ1) is 17.4. The molecule has 0 unspecified atom stereocenters. The molecule has 2 aromatic carbocycles. The second-order valence-corrected chi connectivity index (χ2v) is 9.81. The van der Waals surface area contributed by atoms with E-state index in [-0.39, 0.29) is 29.7 Å². The molecule has 7 nitrogen and oxygen atoms in total. The van der Waals surface area contributed by atoms with Crippen molar-refractivity contribution in [2.75, 3.05) is 13.1 Å². The predicted molar refractivity (Wildman–Crippen MR) is 137 cm³/mol. The van der Waals surface area contributed by atoms with Crippen LogP contribution in [-0.2, 0) is 17.8 Å². The fraction of sp³-hybridized carbons (Fsp3) is 0.357. The van der Waals surface area contributed by atoms with Crippen molar-refractivity contribution in [3.8, 4) is 5.69 Å². The molecule has 1 aliphatic heterocycles. The normalized spacial score (nSPS) is 14.6. The van der Waals surface area contributed by atoms with Crippen LogP contribution in [0.15, 0.2) is 65.6 Å². The minimum absolute atomic E-state index is 0.0223. The lowest BCUT2D eigenvalue weighted by molar-refractivity contribution is -0.133. The molecule has 4 aromatic rings. The molecule has 2 aromatic heterocycles. The number of benzene rings is 2. The molecule has 0 radical (unpaired) electrons. The molecule has 1 fully saturated rings. The summed E-state index contributed by atoms with van der Waals surface area (Å²) in [5.41, 5.74) is 2.55. The third-order valence-corrected chi connectivity index (χ3v) is 6.95. The van der Waals surface area contributed by atoms with E-state index in [1.165, 1.54) is 27.1 Å². The van der Waals surface area contributed by atoms with Gasteiger partial charge >= 0.3 is 0 Å². The molecule has 0 saturated carbocycles. The number of hydrogen-bond acceptors (Lipinski definition) is 4. The van der Waals surface area contributed by atoms with Crippen molar-refractivity contribution < 1.29 is 9.18 Å². The number of aromatic nitrogens is 4. The molecule has 8 heteroatoms. The fourth-order valence-electron chi connectivity index (χ4n) is 4.97. The molecule has 0 N–H and O–H groups in total. The first-order valence-corrected chi connectivity index (χ1v) is 12.5. The van der Waals surface area contributed by atoms with E-state index < -0.39 is 0 Å². The summed E-state index contributed by atoms with van der Waals surface area (Å²) in [4.78, 5) is 28.5. The van der Waals surface area contributed by atoms with Gasteiger partial charge in [-0.05, 0) is 60.9 Å². The highest BCUT2D eigenvalue weighted by Crippen LogP contribution is 2.24. The third-order valence-electron chi connectivity index (χ3n) is 6.95. The molecule has 1 saturated heterocycles. The Morgan fingerprint density at radius 2 is 1.75 bits per heavy atom. The lowest BCUT2D eigenvalue weighted by atomic mass is 9.90. The average Bonchev–Trinajstić information content (AvgIpc) is 3.32. The van der Waals surface area contributed by atoms with Gasteiger partial charge in [0.15, 0.2) is 0 Å². The number of hydrogen-bond donors (Lipinski definition) is 0. The van der Waals surface area contributed by atoms with E-state index in [1.54, 1.807) is 18.3 Å². The summed E-state index contributed by atoms with van der Waals surface area (Å²) in [5, 5.41) is 9.61. The zero-order valence-corrected chi connectivity index (χ0v) is 20.6. The van der Waals surface area contributed by atoms with Gasteiger partial charge in [0.1, 0.15) is 17.9 Å². The number of nitrogens with zero attached hydrogens (tertiary/aromatic N) is 5. The molecule has 0 aliphatic carbocycles. The van der Waals surface area contributed by atoms with E-state index in [1.807, 2.05) is 24.8 Å². The quantitative estimate of drug-likeness (QED) is 0.406. The summed E-state index contributed by atoms with van der Waals surface area (Å²) < 4.78 is 16.2. The Morgan fingerprint density at radius 3 is 2.42 bits per heavy atom. The molecular weight excluding hydrogens is 457 g/mol. The largest absolute Gasteiger partial charge is 0.341 e. The second-order valence-electron chi connectivity index (χ2n) is 9.81. The SMILES string of the molecule is CC(C)c1nn(CC(=O)N2CCC(Cc3ccccc3)CC2)c(=O)c2c1cnn2-c1ccc(F)cc1. The van der Waals surface area contributed by atoms with Gasteiger partial charge in [-0.1, -0.05) is 44.2 Å². The average molecular weight is 488 g/mol. The van der Waals surface area contributed by atoms with Gasteiger partial charge in [-0.15, -0.1) is 0 Å². The Kier molecular flexibility index (Phi) is 6.67. The summed E-state index contributed by atoms with van der Waals surface area (Å²) in [7, 11) is 0. The van der Waals surface area contributed by atoms with Crippen LogP contribution in [0, 0.1) is 11.7 Å². The molecule has 186 valence electrons. The maximum Gasteiger partial charge on any atom is 0.293 e. The summed E-state index contributed by atoms with van der Waals surface area (Å²) in [6, 6.07) is 16.2. The van der Waals surface area contributed by atoms with Gasteiger partial charge < -0.3 is 4.90 Å². The van der Waals surface area contributed by atoms with E-state index in [2.05, 4.69) is 34.5 Å². The minimum atomic E-state index is -0.386. The van der Waals surface area contributed by atoms with E-state index in [9.17, 15) is 14.0 Å². The molecule has 1 amide bonds. The fourth-order valence-corrected chi connectivity index (χ4v) is 4.97. The molecule has 1 aliphatic rings. The minimum Gasteiger partial charge on any atom is -0.341 e. The lowest BCUT2D eigenvalue weighted by Crippen LogP contribution is -2.42. The topological polar surface area (TPSA) is 73.0 Å². The second kappa shape index (κ2) is 10.0. The Morgan fingerprint density at radius 1 is 1.06 bits per heavy atom. The van der Waals surface area contributed by atoms with E-state index in [4.69, 9.17) is 0 Å². The van der Waals surface area contributed by atoms with Gasteiger partial charge in [-0.3, -0.25) is 9.59 Å². The number of fused-ring (bicyclic) bond motifs is 1. The van der Waals surface area contributed by atoms with Crippen molar-refractivity contribution in [1.29, 1.82) is 0 Å². The van der Waals surface area contributed by atoms with Gasteiger partial charge in [-0.25, -0.2) is 13.8 Å². The zero-order valence-electron chi connectivity index (χ0n) is 20.6. The van der Waals surface area contributed by atoms with Crippen LogP contribution < -0.4 is 5.56 Å². The summed E-state index contributed by atoms with van der Waals surface area (Å²) in [5.74, 6) is 0.0975. The maximum absolute atomic E-state index is 13.5. The van der Waals surface area contributed by atoms with Gasteiger partial charge in [0.25, 0.3) is 5.56 Å². The zero-order chi connectivity index (χ0) is 25.2. The Hall–Kier alpha value is -3.81. The first-order valence-electron chi connectivity index (χ1n) is 12.5. The van der Waals surface area contributed by atoms with Crippen molar-refractivity contribution in [3.05, 3.63) is 88.2 Å². The van der Waals surface area contributed by atoms with Crippen LogP contribution in [0.2, 0.25) is 0 Å². The Bertz CT molecular complexity index is 1420. The smallest absolute Gasteiger partial charge is 0.293 e. The third kappa shape index (κ3) is 4.80. The van der Waals surface area contributed by atoms with Crippen LogP contribution in [0.3, 0.4) is 0 Å². The number of piperidine rings is 1. The van der Waals surface area contributed by atoms with E-state index in [0.29, 0.717) is 41.3 Å².